The van der Waals surface area contributed by atoms with Gasteiger partial charge in [0.1, 0.15) is 6.33 Å². The van der Waals surface area contributed by atoms with Gasteiger partial charge in [0.15, 0.2) is 0 Å². The van der Waals surface area contributed by atoms with E-state index in [-0.39, 0.29) is 17.0 Å². The second-order valence-electron chi connectivity index (χ2n) is 12.7. The highest BCUT2D eigenvalue weighted by atomic mass is 16.2. The van der Waals surface area contributed by atoms with Gasteiger partial charge in [-0.1, -0.05) is 30.3 Å². The van der Waals surface area contributed by atoms with Crippen LogP contribution in [0.2, 0.25) is 0 Å². The lowest BCUT2D eigenvalue weighted by Crippen LogP contribution is -2.58. The van der Waals surface area contributed by atoms with Gasteiger partial charge in [-0.15, -0.1) is 0 Å². The fraction of sp³-hybridized carbons (Fsp3) is 0.486. The Bertz CT molecular complexity index is 1420. The largest absolute Gasteiger partial charge is 0.364 e. The molecular formula is C35H42N6O. The number of rotatable bonds is 7. The van der Waals surface area contributed by atoms with Gasteiger partial charge in [-0.05, 0) is 76.3 Å². The molecule has 2 aromatic carbocycles. The quantitative estimate of drug-likeness (QED) is 0.323. The number of nitrogens with zero attached hydrogens (tertiary/aromatic N) is 6. The van der Waals surface area contributed by atoms with E-state index < -0.39 is 0 Å². The van der Waals surface area contributed by atoms with Crippen LogP contribution in [0.25, 0.3) is 4.85 Å². The summed E-state index contributed by atoms with van der Waals surface area (Å²) in [6.45, 7) is 18.4. The van der Waals surface area contributed by atoms with Gasteiger partial charge >= 0.3 is 0 Å². The Labute approximate surface area is 250 Å². The summed E-state index contributed by atoms with van der Waals surface area (Å²) in [4.78, 5) is 33.1. The molecule has 7 nitrogen and oxygen atoms in total. The van der Waals surface area contributed by atoms with Gasteiger partial charge in [0.25, 0.3) is 11.4 Å². The van der Waals surface area contributed by atoms with Crippen molar-refractivity contribution in [2.45, 2.75) is 83.0 Å². The molecule has 1 aliphatic carbocycles. The third-order valence-corrected chi connectivity index (χ3v) is 10.1. The average Bonchev–Trinajstić information content (AvgIpc) is 3.82. The summed E-state index contributed by atoms with van der Waals surface area (Å²) in [5, 5.41) is 0. The Morgan fingerprint density at radius 2 is 1.55 bits per heavy atom. The summed E-state index contributed by atoms with van der Waals surface area (Å²) >= 11 is 0. The zero-order valence-electron chi connectivity index (χ0n) is 25.2. The molecule has 1 aromatic heterocycles. The van der Waals surface area contributed by atoms with E-state index in [1.54, 1.807) is 0 Å². The standard InChI is InChI=1S/C35H42N6O/c1-26-32(27(2)38-25-37-26)33(42)39-22-18-34(3,19-23-39)40-20-14-31(15-21-40)41(24-28-8-6-5-7-9-28)30-12-10-29(11-13-30)35(36-4)16-17-35/h5-13,25,31H,14-24H2,1-3H3. The lowest BCUT2D eigenvalue weighted by Gasteiger charge is -2.50. The number of carbonyl (C=O) groups is 1. The van der Waals surface area contributed by atoms with Crippen LogP contribution in [-0.2, 0) is 12.1 Å². The van der Waals surface area contributed by atoms with Crippen molar-refractivity contribution in [1.82, 2.24) is 19.8 Å². The second-order valence-corrected chi connectivity index (χ2v) is 12.7. The number of amides is 1. The van der Waals surface area contributed by atoms with Gasteiger partial charge in [-0.3, -0.25) is 9.69 Å². The average molecular weight is 563 g/mol. The van der Waals surface area contributed by atoms with Gasteiger partial charge in [0.2, 0.25) is 0 Å². The van der Waals surface area contributed by atoms with E-state index in [0.29, 0.717) is 11.6 Å². The monoisotopic (exact) mass is 562 g/mol. The Balaban J connectivity index is 1.11. The number of carbonyl (C=O) groups excluding carboxylic acids is 1. The number of hydrogen-bond donors (Lipinski definition) is 0. The van der Waals surface area contributed by atoms with E-state index in [9.17, 15) is 4.79 Å². The van der Waals surface area contributed by atoms with Crippen molar-refractivity contribution < 1.29 is 4.79 Å². The van der Waals surface area contributed by atoms with E-state index in [4.69, 9.17) is 6.57 Å². The predicted octanol–water partition coefficient (Wildman–Crippen LogP) is 6.17. The van der Waals surface area contributed by atoms with Crippen molar-refractivity contribution in [3.8, 4) is 0 Å². The number of anilines is 1. The molecule has 42 heavy (non-hydrogen) atoms. The van der Waals surface area contributed by atoms with Crippen LogP contribution >= 0.6 is 0 Å². The van der Waals surface area contributed by atoms with Crippen LogP contribution in [-0.4, -0.2) is 63.4 Å². The number of piperidine rings is 2. The van der Waals surface area contributed by atoms with Crippen LogP contribution in [0.4, 0.5) is 5.69 Å². The van der Waals surface area contributed by atoms with Crippen LogP contribution in [0.15, 0.2) is 60.9 Å². The fourth-order valence-corrected chi connectivity index (χ4v) is 7.04. The van der Waals surface area contributed by atoms with Gasteiger partial charge in [-0.25, -0.2) is 16.5 Å². The van der Waals surface area contributed by atoms with Crippen molar-refractivity contribution >= 4 is 11.6 Å². The first-order valence-corrected chi connectivity index (χ1v) is 15.4. The van der Waals surface area contributed by atoms with Crippen LogP contribution in [0, 0.1) is 20.4 Å². The molecule has 0 bridgehead atoms. The van der Waals surface area contributed by atoms with Gasteiger partial charge in [0, 0.05) is 68.4 Å². The Morgan fingerprint density at radius 3 is 2.12 bits per heavy atom. The third kappa shape index (κ3) is 5.53. The molecular weight excluding hydrogens is 520 g/mol. The molecule has 1 amide bonds. The summed E-state index contributed by atoms with van der Waals surface area (Å²) in [7, 11) is 0. The van der Waals surface area contributed by atoms with E-state index in [2.05, 4.69) is 86.1 Å². The first kappa shape index (κ1) is 28.4. The zero-order valence-corrected chi connectivity index (χ0v) is 25.2. The Hall–Kier alpha value is -3.76. The van der Waals surface area contributed by atoms with Gasteiger partial charge in [-0.2, -0.15) is 0 Å². The smallest absolute Gasteiger partial charge is 0.258 e. The van der Waals surface area contributed by atoms with Gasteiger partial charge in [0.05, 0.1) is 17.0 Å². The number of aromatic nitrogens is 2. The number of hydrogen-bond acceptors (Lipinski definition) is 5. The normalized spacial score (nSPS) is 20.1. The van der Waals surface area contributed by atoms with Crippen LogP contribution in [0.5, 0.6) is 0 Å². The minimum absolute atomic E-state index is 0.0675. The maximum absolute atomic E-state index is 13.3. The summed E-state index contributed by atoms with van der Waals surface area (Å²) in [5.74, 6) is 0.0675. The molecule has 0 unspecified atom stereocenters. The van der Waals surface area contributed by atoms with E-state index >= 15 is 0 Å². The second kappa shape index (κ2) is 11.5. The van der Waals surface area contributed by atoms with Crippen LogP contribution in [0.1, 0.15) is 78.3 Å². The lowest BCUT2D eigenvalue weighted by atomic mass is 9.85. The molecule has 3 fully saturated rings. The first-order chi connectivity index (χ1) is 20.3. The molecule has 3 aromatic rings. The molecule has 2 aliphatic heterocycles. The highest BCUT2D eigenvalue weighted by molar-refractivity contribution is 5.96. The molecule has 3 aliphatic rings. The molecule has 3 heterocycles. The molecule has 2 saturated heterocycles. The fourth-order valence-electron chi connectivity index (χ4n) is 7.04. The Morgan fingerprint density at radius 1 is 0.929 bits per heavy atom. The predicted molar refractivity (Wildman–Crippen MR) is 166 cm³/mol. The minimum Gasteiger partial charge on any atom is -0.364 e. The number of aryl methyl sites for hydroxylation is 2. The van der Waals surface area contributed by atoms with Crippen LogP contribution < -0.4 is 4.90 Å². The van der Waals surface area contributed by atoms with Gasteiger partial charge < -0.3 is 14.6 Å². The maximum atomic E-state index is 13.3. The lowest BCUT2D eigenvalue weighted by molar-refractivity contribution is 0.0170. The van der Waals surface area contributed by atoms with Crippen molar-refractivity contribution in [3.63, 3.8) is 0 Å². The molecule has 7 heteroatoms. The SMILES string of the molecule is [C-]#[N+]C1(c2ccc(N(Cc3ccccc3)C3CCN(C4(C)CCN(C(=O)c5c(C)ncnc5C)CC4)CC3)cc2)CC1. The summed E-state index contributed by atoms with van der Waals surface area (Å²) in [5.41, 5.74) is 5.75. The van der Waals surface area contributed by atoms with Crippen molar-refractivity contribution in [2.75, 3.05) is 31.1 Å². The zero-order chi connectivity index (χ0) is 29.3. The summed E-state index contributed by atoms with van der Waals surface area (Å²) < 4.78 is 0. The molecule has 1 saturated carbocycles. The highest BCUT2D eigenvalue weighted by Gasteiger charge is 2.52. The van der Waals surface area contributed by atoms with Crippen molar-refractivity contribution in [1.29, 1.82) is 0 Å². The molecule has 0 radical (unpaired) electrons. The van der Waals surface area contributed by atoms with Crippen molar-refractivity contribution in [3.05, 3.63) is 100 Å². The van der Waals surface area contributed by atoms with E-state index in [0.717, 1.165) is 82.6 Å². The first-order valence-electron chi connectivity index (χ1n) is 15.4. The number of likely N-dealkylation sites (tertiary alicyclic amines) is 2. The molecule has 0 spiro atoms. The third-order valence-electron chi connectivity index (χ3n) is 10.1. The maximum Gasteiger partial charge on any atom is 0.258 e. The molecule has 0 N–H and O–H groups in total. The molecule has 6 rings (SSSR count). The van der Waals surface area contributed by atoms with Crippen molar-refractivity contribution in [2.24, 2.45) is 0 Å². The Kier molecular flexibility index (Phi) is 7.76. The molecule has 218 valence electrons. The van der Waals surface area contributed by atoms with Crippen LogP contribution in [0.3, 0.4) is 0 Å². The van der Waals surface area contributed by atoms with E-state index in [1.165, 1.54) is 23.1 Å². The summed E-state index contributed by atoms with van der Waals surface area (Å²) in [6.07, 6.45) is 7.67. The highest BCUT2D eigenvalue weighted by Crippen LogP contribution is 2.50. The van der Waals surface area contributed by atoms with E-state index in [1.807, 2.05) is 18.7 Å². The minimum atomic E-state index is -0.268. The number of benzene rings is 2. The summed E-state index contributed by atoms with van der Waals surface area (Å²) in [6, 6.07) is 20.1. The topological polar surface area (TPSA) is 56.9 Å². The molecule has 0 atom stereocenters.